The van der Waals surface area contributed by atoms with Crippen LogP contribution < -0.4 is 5.73 Å². The third-order valence-electron chi connectivity index (χ3n) is 2.36. The van der Waals surface area contributed by atoms with Crippen LogP contribution >= 0.6 is 0 Å². The Labute approximate surface area is 98.7 Å². The highest BCUT2D eigenvalue weighted by molar-refractivity contribution is 5.51. The normalized spacial score (nSPS) is 14.8. The van der Waals surface area contributed by atoms with Crippen molar-refractivity contribution in [2.24, 2.45) is 5.73 Å². The summed E-state index contributed by atoms with van der Waals surface area (Å²) in [6.45, 7) is 3.95. The molecule has 1 atom stereocenters. The Balaban J connectivity index is 2.27. The Morgan fingerprint density at radius 3 is 2.88 bits per heavy atom. The Kier molecular flexibility index (Phi) is 2.99. The largest absolute Gasteiger partial charge is 0.469 e. The quantitative estimate of drug-likeness (QED) is 0.866. The second kappa shape index (κ2) is 4.31. The zero-order chi connectivity index (χ0) is 12.5. The summed E-state index contributed by atoms with van der Waals surface area (Å²) in [5.41, 5.74) is 5.99. The molecule has 2 heterocycles. The van der Waals surface area contributed by atoms with E-state index in [-0.39, 0.29) is 0 Å². The summed E-state index contributed by atoms with van der Waals surface area (Å²) in [4.78, 5) is 4.24. The van der Waals surface area contributed by atoms with Crippen LogP contribution in [-0.2, 0) is 10.3 Å². The molecule has 0 aliphatic heterocycles. The number of rotatable bonds is 4. The fraction of sp³-hybridized carbons (Fsp3) is 0.455. The molecule has 0 saturated carbocycles. The van der Waals surface area contributed by atoms with Gasteiger partial charge in [0.05, 0.1) is 12.2 Å². The second-order valence-electron chi connectivity index (χ2n) is 4.22. The first-order chi connectivity index (χ1) is 8.03. The third-order valence-corrected chi connectivity index (χ3v) is 2.36. The number of furan rings is 1. The van der Waals surface area contributed by atoms with E-state index in [9.17, 15) is 0 Å². The summed E-state index contributed by atoms with van der Waals surface area (Å²) >= 11 is 0. The van der Waals surface area contributed by atoms with Crippen LogP contribution in [0.1, 0.15) is 18.5 Å². The third kappa shape index (κ3) is 2.37. The topological polar surface area (TPSA) is 87.3 Å². The van der Waals surface area contributed by atoms with Gasteiger partial charge in [0.1, 0.15) is 17.6 Å². The lowest BCUT2D eigenvalue weighted by Crippen LogP contribution is -2.38. The molecule has 0 aliphatic rings. The van der Waals surface area contributed by atoms with Gasteiger partial charge in [-0.1, -0.05) is 5.16 Å². The lowest BCUT2D eigenvalue weighted by Gasteiger charge is -2.18. The monoisotopic (exact) mass is 237 g/mol. The summed E-state index contributed by atoms with van der Waals surface area (Å²) in [5, 5.41) is 3.86. The van der Waals surface area contributed by atoms with Gasteiger partial charge in [-0.15, -0.1) is 0 Å². The minimum absolute atomic E-state index is 0.316. The lowest BCUT2D eigenvalue weighted by molar-refractivity contribution is 0.135. The molecule has 1 unspecified atom stereocenters. The molecule has 0 aliphatic carbocycles. The van der Waals surface area contributed by atoms with Crippen molar-refractivity contribution in [3.05, 3.63) is 23.9 Å². The van der Waals surface area contributed by atoms with E-state index in [1.807, 2.05) is 13.0 Å². The average Bonchev–Trinajstić information content (AvgIpc) is 2.85. The summed E-state index contributed by atoms with van der Waals surface area (Å²) < 4.78 is 15.3. The summed E-state index contributed by atoms with van der Waals surface area (Å²) in [7, 11) is 1.57. The number of ether oxygens (including phenoxy) is 1. The maximum Gasteiger partial charge on any atom is 0.261 e. The Hall–Kier alpha value is -1.66. The molecule has 0 saturated heterocycles. The summed E-state index contributed by atoms with van der Waals surface area (Å²) in [5.74, 6) is 1.59. The van der Waals surface area contributed by atoms with Crippen molar-refractivity contribution in [3.8, 4) is 11.5 Å². The van der Waals surface area contributed by atoms with Gasteiger partial charge in [0.2, 0.25) is 0 Å². The smallest absolute Gasteiger partial charge is 0.261 e. The minimum Gasteiger partial charge on any atom is -0.469 e. The van der Waals surface area contributed by atoms with Gasteiger partial charge in [0, 0.05) is 7.11 Å². The van der Waals surface area contributed by atoms with Crippen molar-refractivity contribution < 1.29 is 13.7 Å². The number of aromatic nitrogens is 2. The number of aryl methyl sites for hydroxylation is 1. The number of nitrogens with zero attached hydrogens (tertiary/aromatic N) is 2. The SMILES string of the molecule is COCC(C)(N)c1noc(-c2coc(C)c2)n1. The maximum absolute atomic E-state index is 6.01. The zero-order valence-electron chi connectivity index (χ0n) is 10.1. The van der Waals surface area contributed by atoms with E-state index in [1.54, 1.807) is 20.3 Å². The molecule has 2 aromatic rings. The molecule has 0 amide bonds. The van der Waals surface area contributed by atoms with Gasteiger partial charge in [0.25, 0.3) is 5.89 Å². The van der Waals surface area contributed by atoms with Crippen molar-refractivity contribution in [1.82, 2.24) is 10.1 Å². The van der Waals surface area contributed by atoms with Gasteiger partial charge in [-0.25, -0.2) is 0 Å². The number of nitrogens with two attached hydrogens (primary N) is 1. The summed E-state index contributed by atoms with van der Waals surface area (Å²) in [6, 6.07) is 1.82. The molecule has 17 heavy (non-hydrogen) atoms. The molecular weight excluding hydrogens is 222 g/mol. The van der Waals surface area contributed by atoms with Gasteiger partial charge in [-0.2, -0.15) is 4.98 Å². The van der Waals surface area contributed by atoms with Gasteiger partial charge in [0.15, 0.2) is 5.82 Å². The summed E-state index contributed by atoms with van der Waals surface area (Å²) in [6.07, 6.45) is 1.57. The van der Waals surface area contributed by atoms with Gasteiger partial charge >= 0.3 is 0 Å². The van der Waals surface area contributed by atoms with Crippen molar-refractivity contribution in [2.45, 2.75) is 19.4 Å². The molecule has 0 aromatic carbocycles. The highest BCUT2D eigenvalue weighted by atomic mass is 16.5. The minimum atomic E-state index is -0.769. The van der Waals surface area contributed by atoms with Crippen LogP contribution in [0.5, 0.6) is 0 Å². The molecule has 0 radical (unpaired) electrons. The molecule has 6 heteroatoms. The highest BCUT2D eigenvalue weighted by Crippen LogP contribution is 2.22. The van der Waals surface area contributed by atoms with Crippen LogP contribution in [-0.4, -0.2) is 23.9 Å². The van der Waals surface area contributed by atoms with E-state index in [4.69, 9.17) is 19.4 Å². The second-order valence-corrected chi connectivity index (χ2v) is 4.22. The van der Waals surface area contributed by atoms with E-state index in [0.29, 0.717) is 18.3 Å². The van der Waals surface area contributed by atoms with E-state index in [0.717, 1.165) is 11.3 Å². The molecule has 2 rings (SSSR count). The number of methoxy groups -OCH3 is 1. The predicted molar refractivity (Wildman–Crippen MR) is 60.2 cm³/mol. The number of hydrogen-bond acceptors (Lipinski definition) is 6. The fourth-order valence-corrected chi connectivity index (χ4v) is 1.49. The standard InChI is InChI=1S/C11H15N3O3/c1-7-4-8(5-16-7)9-13-10(14-17-9)11(2,12)6-15-3/h4-5H,6,12H2,1-3H3. The molecular formula is C11H15N3O3. The zero-order valence-corrected chi connectivity index (χ0v) is 10.1. The van der Waals surface area contributed by atoms with E-state index in [2.05, 4.69) is 10.1 Å². The van der Waals surface area contributed by atoms with Crippen molar-refractivity contribution in [2.75, 3.05) is 13.7 Å². The van der Waals surface area contributed by atoms with Gasteiger partial charge in [-0.3, -0.25) is 0 Å². The van der Waals surface area contributed by atoms with Crippen molar-refractivity contribution >= 4 is 0 Å². The lowest BCUT2D eigenvalue weighted by atomic mass is 10.1. The van der Waals surface area contributed by atoms with E-state index < -0.39 is 5.54 Å². The molecule has 2 N–H and O–H groups in total. The van der Waals surface area contributed by atoms with Crippen LogP contribution in [0.2, 0.25) is 0 Å². The predicted octanol–water partition coefficient (Wildman–Crippen LogP) is 1.46. The molecule has 0 bridgehead atoms. The number of hydrogen-bond donors (Lipinski definition) is 1. The molecule has 0 spiro atoms. The molecule has 2 aromatic heterocycles. The van der Waals surface area contributed by atoms with Crippen LogP contribution in [0.4, 0.5) is 0 Å². The van der Waals surface area contributed by atoms with E-state index in [1.165, 1.54) is 0 Å². The van der Waals surface area contributed by atoms with Gasteiger partial charge in [-0.05, 0) is 19.9 Å². The Morgan fingerprint density at radius 1 is 1.53 bits per heavy atom. The molecule has 0 fully saturated rings. The average molecular weight is 237 g/mol. The van der Waals surface area contributed by atoms with Gasteiger partial charge < -0.3 is 19.4 Å². The van der Waals surface area contributed by atoms with Crippen LogP contribution in [0.3, 0.4) is 0 Å². The highest BCUT2D eigenvalue weighted by Gasteiger charge is 2.28. The Bertz CT molecular complexity index is 502. The van der Waals surface area contributed by atoms with Crippen LogP contribution in [0, 0.1) is 6.92 Å². The first kappa shape index (κ1) is 11.8. The van der Waals surface area contributed by atoms with Crippen molar-refractivity contribution in [3.63, 3.8) is 0 Å². The maximum atomic E-state index is 6.01. The molecule has 6 nitrogen and oxygen atoms in total. The molecule has 92 valence electrons. The fourth-order valence-electron chi connectivity index (χ4n) is 1.49. The van der Waals surface area contributed by atoms with Crippen LogP contribution in [0.15, 0.2) is 21.3 Å². The van der Waals surface area contributed by atoms with Crippen LogP contribution in [0.25, 0.3) is 11.5 Å². The van der Waals surface area contributed by atoms with Crippen molar-refractivity contribution in [1.29, 1.82) is 0 Å². The first-order valence-electron chi connectivity index (χ1n) is 5.20. The first-order valence-corrected chi connectivity index (χ1v) is 5.20. The Morgan fingerprint density at radius 2 is 2.29 bits per heavy atom. The van der Waals surface area contributed by atoms with E-state index >= 15 is 0 Å².